The van der Waals surface area contributed by atoms with E-state index in [1.165, 1.54) is 4.90 Å². The number of hydrogen-bond donors (Lipinski definition) is 0. The van der Waals surface area contributed by atoms with Crippen molar-refractivity contribution in [2.75, 3.05) is 13.1 Å². The fraction of sp³-hybridized carbons (Fsp3) is 0.875. The van der Waals surface area contributed by atoms with Gasteiger partial charge in [-0.3, -0.25) is 4.79 Å². The Morgan fingerprint density at radius 1 is 1.62 bits per heavy atom. The van der Waals surface area contributed by atoms with Crippen molar-refractivity contribution in [1.29, 1.82) is 0 Å². The molecule has 0 aromatic rings. The first-order valence-electron chi connectivity index (χ1n) is 4.23. The van der Waals surface area contributed by atoms with E-state index in [2.05, 4.69) is 0 Å². The summed E-state index contributed by atoms with van der Waals surface area (Å²) in [5.74, 6) is -0.913. The summed E-state index contributed by atoms with van der Waals surface area (Å²) in [7, 11) is 0. The highest BCUT2D eigenvalue weighted by molar-refractivity contribution is 6.30. The Morgan fingerprint density at radius 2 is 2.23 bits per heavy atom. The first-order valence-corrected chi connectivity index (χ1v) is 4.67. The fourth-order valence-corrected chi connectivity index (χ4v) is 1.58. The van der Waals surface area contributed by atoms with Crippen LogP contribution in [-0.2, 0) is 4.79 Å². The molecule has 0 spiro atoms. The van der Waals surface area contributed by atoms with E-state index < -0.39 is 17.7 Å². The maximum absolute atomic E-state index is 12.2. The first-order chi connectivity index (χ1) is 6.02. The molecule has 0 aromatic heterocycles. The lowest BCUT2D eigenvalue weighted by atomic mass is 10.1. The summed E-state index contributed by atoms with van der Waals surface area (Å²) < 4.78 is 24.4. The van der Waals surface area contributed by atoms with Crippen molar-refractivity contribution >= 4 is 17.5 Å². The summed E-state index contributed by atoms with van der Waals surface area (Å²) in [5, 5.41) is -0.614. The number of hydrogen-bond acceptors (Lipinski definition) is 1. The Hall–Kier alpha value is -0.380. The van der Waals surface area contributed by atoms with Crippen molar-refractivity contribution < 1.29 is 13.6 Å². The molecule has 76 valence electrons. The van der Waals surface area contributed by atoms with Crippen LogP contribution in [0.5, 0.6) is 0 Å². The minimum Gasteiger partial charge on any atom is -0.341 e. The van der Waals surface area contributed by atoms with E-state index in [4.69, 9.17) is 11.6 Å². The van der Waals surface area contributed by atoms with Crippen molar-refractivity contribution in [2.24, 2.45) is 5.92 Å². The predicted molar refractivity (Wildman–Crippen MR) is 46.0 cm³/mol. The largest absolute Gasteiger partial charge is 0.341 e. The molecule has 1 rings (SSSR count). The molecule has 0 saturated carbocycles. The average molecular weight is 212 g/mol. The molecule has 5 heteroatoms. The fourth-order valence-electron chi connectivity index (χ4n) is 1.44. The zero-order valence-corrected chi connectivity index (χ0v) is 8.10. The molecule has 0 aliphatic carbocycles. The quantitative estimate of drug-likeness (QED) is 0.637. The molecule has 2 nitrogen and oxygen atoms in total. The van der Waals surface area contributed by atoms with Crippen LogP contribution >= 0.6 is 11.6 Å². The van der Waals surface area contributed by atoms with Crippen molar-refractivity contribution in [3.05, 3.63) is 0 Å². The molecule has 1 aliphatic heterocycles. The molecule has 2 atom stereocenters. The number of carbonyl (C=O) groups is 1. The van der Waals surface area contributed by atoms with Crippen molar-refractivity contribution in [3.8, 4) is 0 Å². The molecule has 1 heterocycles. The summed E-state index contributed by atoms with van der Waals surface area (Å²) in [4.78, 5) is 12.7. The van der Waals surface area contributed by atoms with Gasteiger partial charge in [0.15, 0.2) is 0 Å². The number of likely N-dealkylation sites (tertiary alicyclic amines) is 1. The molecular weight excluding hydrogens is 200 g/mol. The van der Waals surface area contributed by atoms with Gasteiger partial charge in [0, 0.05) is 19.0 Å². The molecule has 2 unspecified atom stereocenters. The molecule has 1 aliphatic rings. The number of halogens is 3. The van der Waals surface area contributed by atoms with Gasteiger partial charge < -0.3 is 4.90 Å². The third-order valence-corrected chi connectivity index (χ3v) is 2.42. The van der Waals surface area contributed by atoms with Gasteiger partial charge in [-0.1, -0.05) is 0 Å². The van der Waals surface area contributed by atoms with Gasteiger partial charge in [0.1, 0.15) is 5.38 Å². The van der Waals surface area contributed by atoms with Crippen molar-refractivity contribution in [3.63, 3.8) is 0 Å². The van der Waals surface area contributed by atoms with Gasteiger partial charge in [-0.25, -0.2) is 8.78 Å². The zero-order chi connectivity index (χ0) is 10.0. The lowest BCUT2D eigenvalue weighted by Gasteiger charge is -2.17. The highest BCUT2D eigenvalue weighted by atomic mass is 35.5. The van der Waals surface area contributed by atoms with Crippen LogP contribution in [0, 0.1) is 5.92 Å². The highest BCUT2D eigenvalue weighted by Gasteiger charge is 2.32. The molecule has 0 bridgehead atoms. The molecule has 0 aromatic carbocycles. The molecule has 0 radical (unpaired) electrons. The van der Waals surface area contributed by atoms with Gasteiger partial charge in [-0.15, -0.1) is 11.6 Å². The third kappa shape index (κ3) is 2.53. The average Bonchev–Trinajstić information content (AvgIpc) is 2.50. The van der Waals surface area contributed by atoms with Crippen LogP contribution in [0.1, 0.15) is 13.3 Å². The van der Waals surface area contributed by atoms with Gasteiger partial charge >= 0.3 is 0 Å². The standard InChI is InChI=1S/C8H12ClF2NO/c1-5(9)8(13)12-3-2-6(4-12)7(10)11/h5-7H,2-4H2,1H3. The van der Waals surface area contributed by atoms with Crippen molar-refractivity contribution in [2.45, 2.75) is 25.1 Å². The number of nitrogens with zero attached hydrogens (tertiary/aromatic N) is 1. The Bertz CT molecular complexity index is 199. The summed E-state index contributed by atoms with van der Waals surface area (Å²) in [6, 6.07) is 0. The van der Waals surface area contributed by atoms with Gasteiger partial charge in [0.05, 0.1) is 0 Å². The maximum Gasteiger partial charge on any atom is 0.243 e. The smallest absolute Gasteiger partial charge is 0.243 e. The second-order valence-corrected chi connectivity index (χ2v) is 3.94. The second kappa shape index (κ2) is 4.22. The van der Waals surface area contributed by atoms with Crippen LogP contribution in [0.15, 0.2) is 0 Å². The molecule has 13 heavy (non-hydrogen) atoms. The van der Waals surface area contributed by atoms with E-state index in [1.807, 2.05) is 0 Å². The van der Waals surface area contributed by atoms with Gasteiger partial charge in [-0.05, 0) is 13.3 Å². The molecule has 0 N–H and O–H groups in total. The topological polar surface area (TPSA) is 20.3 Å². The summed E-state index contributed by atoms with van der Waals surface area (Å²) in [5.41, 5.74) is 0. The summed E-state index contributed by atoms with van der Waals surface area (Å²) in [6.45, 7) is 2.11. The highest BCUT2D eigenvalue weighted by Crippen LogP contribution is 2.23. The Labute approximate surface area is 80.8 Å². The van der Waals surface area contributed by atoms with Crippen LogP contribution in [0.4, 0.5) is 8.78 Å². The van der Waals surface area contributed by atoms with E-state index in [0.29, 0.717) is 13.0 Å². The lowest BCUT2D eigenvalue weighted by molar-refractivity contribution is -0.129. The third-order valence-electron chi connectivity index (χ3n) is 2.23. The van der Waals surface area contributed by atoms with E-state index in [-0.39, 0.29) is 12.5 Å². The van der Waals surface area contributed by atoms with Crippen LogP contribution in [0.3, 0.4) is 0 Å². The lowest BCUT2D eigenvalue weighted by Crippen LogP contribution is -2.34. The SMILES string of the molecule is CC(Cl)C(=O)N1CCC(C(F)F)C1. The van der Waals surface area contributed by atoms with E-state index in [1.54, 1.807) is 6.92 Å². The second-order valence-electron chi connectivity index (χ2n) is 3.28. The van der Waals surface area contributed by atoms with E-state index >= 15 is 0 Å². The van der Waals surface area contributed by atoms with Gasteiger partial charge in [0.2, 0.25) is 12.3 Å². The first kappa shape index (κ1) is 10.7. The summed E-state index contributed by atoms with van der Waals surface area (Å²) >= 11 is 5.56. The minimum absolute atomic E-state index is 0.146. The maximum atomic E-state index is 12.2. The van der Waals surface area contributed by atoms with Crippen LogP contribution in [0.25, 0.3) is 0 Å². The van der Waals surface area contributed by atoms with Crippen LogP contribution < -0.4 is 0 Å². The number of alkyl halides is 3. The number of carbonyl (C=O) groups excluding carboxylic acids is 1. The normalized spacial score (nSPS) is 25.3. The van der Waals surface area contributed by atoms with E-state index in [9.17, 15) is 13.6 Å². The Morgan fingerprint density at radius 3 is 2.62 bits per heavy atom. The molecular formula is C8H12ClF2NO. The van der Waals surface area contributed by atoms with Crippen LogP contribution in [-0.4, -0.2) is 35.7 Å². The Kier molecular flexibility index (Phi) is 3.47. The van der Waals surface area contributed by atoms with Crippen molar-refractivity contribution in [1.82, 2.24) is 4.90 Å². The molecule has 1 saturated heterocycles. The number of rotatable bonds is 2. The molecule has 1 amide bonds. The molecule has 1 fully saturated rings. The van der Waals surface area contributed by atoms with Crippen LogP contribution in [0.2, 0.25) is 0 Å². The zero-order valence-electron chi connectivity index (χ0n) is 7.34. The monoisotopic (exact) mass is 211 g/mol. The summed E-state index contributed by atoms with van der Waals surface area (Å²) in [6.07, 6.45) is -1.95. The number of amides is 1. The van der Waals surface area contributed by atoms with Gasteiger partial charge in [-0.2, -0.15) is 0 Å². The Balaban J connectivity index is 2.45. The predicted octanol–water partition coefficient (Wildman–Crippen LogP) is 1.73. The minimum atomic E-state index is -2.33. The van der Waals surface area contributed by atoms with Gasteiger partial charge in [0.25, 0.3) is 0 Å². The van der Waals surface area contributed by atoms with E-state index in [0.717, 1.165) is 0 Å².